The van der Waals surface area contributed by atoms with Crippen molar-refractivity contribution in [3.8, 4) is 5.75 Å². The highest BCUT2D eigenvalue weighted by Crippen LogP contribution is 2.38. The normalized spacial score (nSPS) is 13.5. The Labute approximate surface area is 170 Å². The summed E-state index contributed by atoms with van der Waals surface area (Å²) in [4.78, 5) is 23.5. The van der Waals surface area contributed by atoms with Crippen LogP contribution in [-0.4, -0.2) is 29.5 Å². The van der Waals surface area contributed by atoms with E-state index >= 15 is 0 Å². The van der Waals surface area contributed by atoms with Crippen LogP contribution in [0.5, 0.6) is 5.75 Å². The van der Waals surface area contributed by atoms with E-state index in [0.717, 1.165) is 42.5 Å². The van der Waals surface area contributed by atoms with Crippen LogP contribution in [0.25, 0.3) is 10.9 Å². The van der Waals surface area contributed by atoms with Crippen molar-refractivity contribution in [2.75, 3.05) is 23.9 Å². The lowest BCUT2D eigenvalue weighted by atomic mass is 10.0. The number of carbonyl (C=O) groups is 1. The number of methoxy groups -OCH3 is 1. The van der Waals surface area contributed by atoms with E-state index in [1.807, 2.05) is 25.1 Å². The van der Waals surface area contributed by atoms with E-state index < -0.39 is 0 Å². The van der Waals surface area contributed by atoms with Crippen molar-refractivity contribution in [2.45, 2.75) is 26.2 Å². The molecule has 1 amide bonds. The summed E-state index contributed by atoms with van der Waals surface area (Å²) in [5.41, 5.74) is 3.87. The average Bonchev–Trinajstić information content (AvgIpc) is 2.76. The number of anilines is 3. The molecule has 0 spiro atoms. The van der Waals surface area contributed by atoms with Gasteiger partial charge in [-0.3, -0.25) is 4.79 Å². The Balaban J connectivity index is 1.81. The number of amides is 1. The molecular weight excluding hydrogens is 364 g/mol. The molecule has 0 fully saturated rings. The topological polar surface area (TPSA) is 67.4 Å². The molecule has 1 aliphatic heterocycles. The lowest BCUT2D eigenvalue weighted by Crippen LogP contribution is -2.25. The summed E-state index contributed by atoms with van der Waals surface area (Å²) in [6, 6.07) is 12.2. The van der Waals surface area contributed by atoms with Gasteiger partial charge in [0.05, 0.1) is 18.3 Å². The summed E-state index contributed by atoms with van der Waals surface area (Å²) in [5.74, 6) is 1.22. The Morgan fingerprint density at radius 2 is 2.14 bits per heavy atom. The monoisotopic (exact) mass is 388 g/mol. The van der Waals surface area contributed by atoms with Gasteiger partial charge in [-0.25, -0.2) is 9.97 Å². The van der Waals surface area contributed by atoms with Crippen LogP contribution in [0.4, 0.5) is 17.2 Å². The molecule has 4 rings (SSSR count). The van der Waals surface area contributed by atoms with Crippen LogP contribution >= 0.6 is 0 Å². The first-order valence-electron chi connectivity index (χ1n) is 9.87. The molecule has 1 aromatic heterocycles. The van der Waals surface area contributed by atoms with Crippen molar-refractivity contribution in [1.82, 2.24) is 9.97 Å². The Hall–Kier alpha value is -3.41. The number of aromatic nitrogens is 2. The van der Waals surface area contributed by atoms with Crippen LogP contribution < -0.4 is 15.0 Å². The second kappa shape index (κ2) is 8.31. The van der Waals surface area contributed by atoms with E-state index in [9.17, 15) is 4.79 Å². The Morgan fingerprint density at radius 1 is 1.28 bits per heavy atom. The second-order valence-corrected chi connectivity index (χ2v) is 6.95. The first-order chi connectivity index (χ1) is 14.2. The molecule has 29 heavy (non-hydrogen) atoms. The van der Waals surface area contributed by atoms with Crippen LogP contribution in [0.1, 0.15) is 25.3 Å². The maximum atomic E-state index is 12.2. The SMILES string of the molecule is CC/C=C/C(=O)Nc1cc2c(N3CCCc4ccccc43)ncnc2cc1OC. The van der Waals surface area contributed by atoms with E-state index in [1.165, 1.54) is 17.3 Å². The number of fused-ring (bicyclic) bond motifs is 2. The number of allylic oxidation sites excluding steroid dienone is 1. The third-order valence-electron chi connectivity index (χ3n) is 5.06. The number of para-hydroxylation sites is 1. The average molecular weight is 388 g/mol. The zero-order valence-electron chi connectivity index (χ0n) is 16.7. The van der Waals surface area contributed by atoms with Crippen molar-refractivity contribution in [1.29, 1.82) is 0 Å². The minimum Gasteiger partial charge on any atom is -0.494 e. The quantitative estimate of drug-likeness (QED) is 0.646. The number of rotatable bonds is 5. The van der Waals surface area contributed by atoms with Crippen molar-refractivity contribution in [2.24, 2.45) is 0 Å². The summed E-state index contributed by atoms with van der Waals surface area (Å²) in [6.07, 6.45) is 7.86. The Kier molecular flexibility index (Phi) is 5.42. The summed E-state index contributed by atoms with van der Waals surface area (Å²) in [7, 11) is 1.59. The molecule has 0 saturated carbocycles. The maximum Gasteiger partial charge on any atom is 0.248 e. The van der Waals surface area contributed by atoms with Gasteiger partial charge in [0.1, 0.15) is 17.9 Å². The van der Waals surface area contributed by atoms with Crippen LogP contribution in [0.15, 0.2) is 54.9 Å². The van der Waals surface area contributed by atoms with Gasteiger partial charge in [0.15, 0.2) is 0 Å². The summed E-state index contributed by atoms with van der Waals surface area (Å²) >= 11 is 0. The van der Waals surface area contributed by atoms with Gasteiger partial charge in [-0.2, -0.15) is 0 Å². The van der Waals surface area contributed by atoms with Gasteiger partial charge in [0, 0.05) is 23.7 Å². The number of nitrogens with zero attached hydrogens (tertiary/aromatic N) is 3. The lowest BCUT2D eigenvalue weighted by molar-refractivity contribution is -0.111. The third-order valence-corrected chi connectivity index (χ3v) is 5.06. The summed E-state index contributed by atoms with van der Waals surface area (Å²) in [6.45, 7) is 2.87. The van der Waals surface area contributed by atoms with Gasteiger partial charge in [0.25, 0.3) is 0 Å². The van der Waals surface area contributed by atoms with Gasteiger partial charge < -0.3 is 15.0 Å². The largest absolute Gasteiger partial charge is 0.494 e. The highest BCUT2D eigenvalue weighted by Gasteiger charge is 2.22. The van der Waals surface area contributed by atoms with Crippen LogP contribution in [-0.2, 0) is 11.2 Å². The molecule has 2 heterocycles. The molecule has 3 aromatic rings. The van der Waals surface area contributed by atoms with Gasteiger partial charge in [-0.15, -0.1) is 0 Å². The zero-order valence-corrected chi connectivity index (χ0v) is 16.7. The molecule has 1 aliphatic rings. The van der Waals surface area contributed by atoms with Crippen molar-refractivity contribution in [3.63, 3.8) is 0 Å². The smallest absolute Gasteiger partial charge is 0.248 e. The summed E-state index contributed by atoms with van der Waals surface area (Å²) < 4.78 is 5.49. The molecule has 6 nitrogen and oxygen atoms in total. The minimum atomic E-state index is -0.189. The molecule has 1 N–H and O–H groups in total. The van der Waals surface area contributed by atoms with E-state index in [4.69, 9.17) is 4.74 Å². The number of hydrogen-bond donors (Lipinski definition) is 1. The molecule has 148 valence electrons. The van der Waals surface area contributed by atoms with Crippen molar-refractivity contribution in [3.05, 3.63) is 60.4 Å². The molecule has 6 heteroatoms. The van der Waals surface area contributed by atoms with Crippen molar-refractivity contribution >= 4 is 34.0 Å². The van der Waals surface area contributed by atoms with Gasteiger partial charge >= 0.3 is 0 Å². The Morgan fingerprint density at radius 3 is 2.97 bits per heavy atom. The van der Waals surface area contributed by atoms with Gasteiger partial charge in [0.2, 0.25) is 5.91 Å². The third kappa shape index (κ3) is 3.78. The zero-order chi connectivity index (χ0) is 20.2. The second-order valence-electron chi connectivity index (χ2n) is 6.95. The molecule has 2 aromatic carbocycles. The van der Waals surface area contributed by atoms with E-state index in [1.54, 1.807) is 13.4 Å². The minimum absolute atomic E-state index is 0.189. The number of nitrogens with one attached hydrogen (secondary N) is 1. The molecule has 0 bridgehead atoms. The number of benzene rings is 2. The number of hydrogen-bond acceptors (Lipinski definition) is 5. The summed E-state index contributed by atoms with van der Waals surface area (Å²) in [5, 5.41) is 3.79. The fourth-order valence-corrected chi connectivity index (χ4v) is 3.70. The molecule has 0 atom stereocenters. The van der Waals surface area contributed by atoms with Crippen LogP contribution in [0, 0.1) is 0 Å². The van der Waals surface area contributed by atoms with E-state index in [0.29, 0.717) is 11.4 Å². The number of ether oxygens (including phenoxy) is 1. The predicted molar refractivity (Wildman–Crippen MR) is 116 cm³/mol. The highest BCUT2D eigenvalue weighted by molar-refractivity contribution is 6.03. The Bertz CT molecular complexity index is 1080. The molecule has 0 saturated heterocycles. The van der Waals surface area contributed by atoms with E-state index in [2.05, 4.69) is 44.5 Å². The fourth-order valence-electron chi connectivity index (χ4n) is 3.70. The fraction of sp³-hybridized carbons (Fsp3) is 0.261. The lowest BCUT2D eigenvalue weighted by Gasteiger charge is -2.31. The molecule has 0 unspecified atom stereocenters. The maximum absolute atomic E-state index is 12.2. The number of carbonyl (C=O) groups excluding carboxylic acids is 1. The standard InChI is InChI=1S/C23H24N4O2/c1-3-4-11-22(28)26-19-13-17-18(14-21(19)29-2)24-15-25-23(17)27-12-7-9-16-8-5-6-10-20(16)27/h4-6,8,10-11,13-15H,3,7,9,12H2,1-2H3,(H,26,28)/b11-4+. The van der Waals surface area contributed by atoms with Gasteiger partial charge in [-0.05, 0) is 43.0 Å². The first-order valence-corrected chi connectivity index (χ1v) is 9.87. The van der Waals surface area contributed by atoms with Crippen LogP contribution in [0.2, 0.25) is 0 Å². The van der Waals surface area contributed by atoms with Crippen LogP contribution in [0.3, 0.4) is 0 Å². The molecule has 0 radical (unpaired) electrons. The predicted octanol–water partition coefficient (Wildman–Crippen LogP) is 4.63. The highest BCUT2D eigenvalue weighted by atomic mass is 16.5. The molecule has 0 aliphatic carbocycles. The van der Waals surface area contributed by atoms with Crippen molar-refractivity contribution < 1.29 is 9.53 Å². The molecular formula is C23H24N4O2. The van der Waals surface area contributed by atoms with E-state index in [-0.39, 0.29) is 5.91 Å². The number of aryl methyl sites for hydroxylation is 1. The van der Waals surface area contributed by atoms with Gasteiger partial charge in [-0.1, -0.05) is 31.2 Å². The first kappa shape index (κ1) is 18.9.